The van der Waals surface area contributed by atoms with Crippen LogP contribution in [0.3, 0.4) is 0 Å². The van der Waals surface area contributed by atoms with Crippen molar-refractivity contribution in [3.8, 4) is 0 Å². The third-order valence-electron chi connectivity index (χ3n) is 5.61. The Bertz CT molecular complexity index is 1460. The lowest BCUT2D eigenvalue weighted by atomic mass is 9.95. The van der Waals surface area contributed by atoms with Gasteiger partial charge in [0.25, 0.3) is 5.91 Å². The van der Waals surface area contributed by atoms with E-state index in [1.165, 1.54) is 4.90 Å². The zero-order chi connectivity index (χ0) is 23.3. The van der Waals surface area contributed by atoms with Crippen LogP contribution in [-0.2, 0) is 4.79 Å². The van der Waals surface area contributed by atoms with Crippen LogP contribution in [-0.4, -0.2) is 21.8 Å². The fraction of sp³-hybridized carbons (Fsp3) is 0.0800. The number of nitrogens with zero attached hydrogens (tertiary/aromatic N) is 2. The second-order valence-corrected chi connectivity index (χ2v) is 8.55. The van der Waals surface area contributed by atoms with Gasteiger partial charge in [0.2, 0.25) is 5.78 Å². The number of aliphatic hydroxyl groups is 1. The molecule has 0 radical (unpaired) electrons. The van der Waals surface area contributed by atoms with Gasteiger partial charge in [0.15, 0.2) is 11.5 Å². The summed E-state index contributed by atoms with van der Waals surface area (Å²) in [5, 5.41) is 12.4. The minimum absolute atomic E-state index is 0.00895. The minimum atomic E-state index is -0.901. The molecule has 0 saturated heterocycles. The monoisotopic (exact) mass is 478 g/mol. The number of rotatable bonds is 4. The Morgan fingerprint density at radius 2 is 1.73 bits per heavy atom. The number of hydrogen-bond donors (Lipinski definition) is 1. The summed E-state index contributed by atoms with van der Waals surface area (Å²) < 4.78 is 5.73. The Labute approximate surface area is 198 Å². The Balaban J connectivity index is 1.68. The first-order chi connectivity index (χ1) is 15.8. The van der Waals surface area contributed by atoms with Crippen LogP contribution in [0.15, 0.2) is 82.7 Å². The molecule has 1 N–H and O–H groups in total. The maximum absolute atomic E-state index is 13.6. The fourth-order valence-electron chi connectivity index (χ4n) is 4.05. The highest BCUT2D eigenvalue weighted by molar-refractivity contribution is 6.31. The normalized spacial score (nSPS) is 16.2. The zero-order valence-corrected chi connectivity index (χ0v) is 18.8. The number of pyridine rings is 1. The number of amides is 1. The molecule has 5 rings (SSSR count). The highest BCUT2D eigenvalue weighted by atomic mass is 35.5. The number of carbonyl (C=O) groups is 2. The first kappa shape index (κ1) is 21.2. The van der Waals surface area contributed by atoms with Gasteiger partial charge in [-0.05, 0) is 66.6 Å². The first-order valence-corrected chi connectivity index (χ1v) is 10.8. The third-order valence-corrected chi connectivity index (χ3v) is 6.08. The highest BCUT2D eigenvalue weighted by Crippen LogP contribution is 2.43. The molecule has 164 valence electrons. The molecule has 0 aliphatic carbocycles. The van der Waals surface area contributed by atoms with Crippen LogP contribution in [0.4, 0.5) is 5.69 Å². The second-order valence-electron chi connectivity index (χ2n) is 7.67. The van der Waals surface area contributed by atoms with E-state index in [2.05, 4.69) is 4.98 Å². The topological polar surface area (TPSA) is 83.6 Å². The van der Waals surface area contributed by atoms with Gasteiger partial charge in [-0.15, -0.1) is 0 Å². The van der Waals surface area contributed by atoms with Crippen molar-refractivity contribution in [2.75, 3.05) is 4.90 Å². The number of aryl methyl sites for hydroxylation is 1. The molecular weight excluding hydrogens is 463 g/mol. The van der Waals surface area contributed by atoms with Gasteiger partial charge in [-0.2, -0.15) is 0 Å². The number of aromatic nitrogens is 1. The second kappa shape index (κ2) is 8.06. The number of Topliss-reactive ketones (excluding diaryl/α,β-unsaturated/α-hetero) is 1. The quantitative estimate of drug-likeness (QED) is 0.351. The average Bonchev–Trinajstić information content (AvgIpc) is 3.34. The summed E-state index contributed by atoms with van der Waals surface area (Å²) in [5.74, 6) is -1.95. The zero-order valence-electron chi connectivity index (χ0n) is 17.3. The number of halogens is 2. The van der Waals surface area contributed by atoms with E-state index in [-0.39, 0.29) is 11.3 Å². The molecule has 4 aromatic rings. The molecule has 1 unspecified atom stereocenters. The number of furan rings is 1. The summed E-state index contributed by atoms with van der Waals surface area (Å²) in [6, 6.07) is 14.1. The Kier molecular flexibility index (Phi) is 5.19. The molecular formula is C25H16Cl2N2O4. The molecule has 33 heavy (non-hydrogen) atoms. The lowest BCUT2D eigenvalue weighted by molar-refractivity contribution is -0.117. The number of benzene rings is 2. The molecule has 0 fully saturated rings. The molecule has 6 nitrogen and oxygen atoms in total. The molecule has 8 heteroatoms. The molecule has 0 bridgehead atoms. The van der Waals surface area contributed by atoms with Crippen LogP contribution >= 0.6 is 23.2 Å². The van der Waals surface area contributed by atoms with Crippen molar-refractivity contribution >= 4 is 51.5 Å². The fourth-order valence-corrected chi connectivity index (χ4v) is 4.39. The van der Waals surface area contributed by atoms with Crippen molar-refractivity contribution in [2.24, 2.45) is 0 Å². The molecule has 1 aliphatic rings. The molecule has 2 aromatic heterocycles. The maximum Gasteiger partial charge on any atom is 0.294 e. The number of carbonyl (C=O) groups excluding carboxylic acids is 2. The van der Waals surface area contributed by atoms with Gasteiger partial charge in [-0.1, -0.05) is 29.3 Å². The minimum Gasteiger partial charge on any atom is -0.503 e. The largest absolute Gasteiger partial charge is 0.503 e. The van der Waals surface area contributed by atoms with E-state index in [0.717, 1.165) is 5.56 Å². The van der Waals surface area contributed by atoms with Gasteiger partial charge in [0.1, 0.15) is 5.58 Å². The third kappa shape index (κ3) is 3.57. The van der Waals surface area contributed by atoms with Crippen LogP contribution in [0.5, 0.6) is 0 Å². The van der Waals surface area contributed by atoms with Crippen LogP contribution in [0.25, 0.3) is 11.0 Å². The average molecular weight is 479 g/mol. The maximum atomic E-state index is 13.6. The van der Waals surface area contributed by atoms with Crippen molar-refractivity contribution in [3.05, 3.63) is 105 Å². The molecule has 0 spiro atoms. The smallest absolute Gasteiger partial charge is 0.294 e. The summed E-state index contributed by atoms with van der Waals surface area (Å²) in [5.41, 5.74) is 2.22. The van der Waals surface area contributed by atoms with Crippen LogP contribution in [0.2, 0.25) is 10.0 Å². The van der Waals surface area contributed by atoms with Gasteiger partial charge >= 0.3 is 0 Å². The van der Waals surface area contributed by atoms with E-state index in [9.17, 15) is 14.7 Å². The molecule has 1 amide bonds. The summed E-state index contributed by atoms with van der Waals surface area (Å²) >= 11 is 12.3. The number of aliphatic hydroxyl groups excluding tert-OH is 1. The van der Waals surface area contributed by atoms with Crippen molar-refractivity contribution < 1.29 is 19.1 Å². The van der Waals surface area contributed by atoms with Crippen molar-refractivity contribution in [2.45, 2.75) is 13.0 Å². The van der Waals surface area contributed by atoms with Crippen molar-refractivity contribution in [3.63, 3.8) is 0 Å². The Morgan fingerprint density at radius 1 is 1.03 bits per heavy atom. The van der Waals surface area contributed by atoms with Gasteiger partial charge in [0.05, 0.1) is 11.6 Å². The van der Waals surface area contributed by atoms with E-state index in [1.807, 2.05) is 6.92 Å². The van der Waals surface area contributed by atoms with Crippen LogP contribution in [0.1, 0.15) is 27.7 Å². The lowest BCUT2D eigenvalue weighted by Gasteiger charge is -2.28. The van der Waals surface area contributed by atoms with Gasteiger partial charge in [0, 0.05) is 33.5 Å². The SMILES string of the molecule is Cc1ccc(Cl)cc1N1C(=O)C(O)=C(C(=O)c2cc3cc(Cl)ccc3o2)C1c1ccncc1. The molecule has 2 aromatic carbocycles. The summed E-state index contributed by atoms with van der Waals surface area (Å²) in [7, 11) is 0. The van der Waals surface area contributed by atoms with E-state index in [4.69, 9.17) is 27.6 Å². The summed E-state index contributed by atoms with van der Waals surface area (Å²) in [6.07, 6.45) is 3.12. The molecule has 0 saturated carbocycles. The van der Waals surface area contributed by atoms with Crippen LogP contribution < -0.4 is 4.90 Å². The Morgan fingerprint density at radius 3 is 2.48 bits per heavy atom. The first-order valence-electron chi connectivity index (χ1n) is 10.0. The highest BCUT2D eigenvalue weighted by Gasteiger charge is 2.45. The van der Waals surface area contributed by atoms with E-state index in [0.29, 0.717) is 32.3 Å². The summed E-state index contributed by atoms with van der Waals surface area (Å²) in [6.45, 7) is 1.82. The van der Waals surface area contributed by atoms with Gasteiger partial charge < -0.3 is 9.52 Å². The van der Waals surface area contributed by atoms with E-state index in [1.54, 1.807) is 67.0 Å². The van der Waals surface area contributed by atoms with Crippen molar-refractivity contribution in [1.82, 2.24) is 4.98 Å². The van der Waals surface area contributed by atoms with Gasteiger partial charge in [-0.25, -0.2) is 0 Å². The number of fused-ring (bicyclic) bond motifs is 1. The number of ketones is 1. The van der Waals surface area contributed by atoms with E-state index < -0.39 is 23.5 Å². The molecule has 3 heterocycles. The predicted octanol–water partition coefficient (Wildman–Crippen LogP) is 6.23. The summed E-state index contributed by atoms with van der Waals surface area (Å²) in [4.78, 5) is 32.3. The van der Waals surface area contributed by atoms with Crippen molar-refractivity contribution in [1.29, 1.82) is 0 Å². The number of anilines is 1. The number of hydrogen-bond acceptors (Lipinski definition) is 5. The molecule has 1 aliphatic heterocycles. The predicted molar refractivity (Wildman–Crippen MR) is 126 cm³/mol. The van der Waals surface area contributed by atoms with Crippen LogP contribution in [0, 0.1) is 6.92 Å². The van der Waals surface area contributed by atoms with E-state index >= 15 is 0 Å². The standard InChI is InChI=1S/C25H16Cl2N2O4/c1-13-2-3-17(27)12-18(13)29-22(14-6-8-28-9-7-14)21(24(31)25(29)32)23(30)20-11-15-10-16(26)4-5-19(15)33-20/h2-12,22,31H,1H3. The Hall–Kier alpha value is -3.61. The van der Waals surface area contributed by atoms with Gasteiger partial charge in [-0.3, -0.25) is 19.5 Å². The lowest BCUT2D eigenvalue weighted by Crippen LogP contribution is -2.31. The molecule has 1 atom stereocenters.